The van der Waals surface area contributed by atoms with Crippen LogP contribution in [-0.4, -0.2) is 21.0 Å². The molecule has 0 aliphatic rings. The molecule has 0 aromatic carbocycles. The summed E-state index contributed by atoms with van der Waals surface area (Å²) < 4.78 is 4.78. The summed E-state index contributed by atoms with van der Waals surface area (Å²) in [6.45, 7) is 1.81. The normalized spacial score (nSPS) is 10.3. The van der Waals surface area contributed by atoms with Gasteiger partial charge in [0.15, 0.2) is 5.82 Å². The molecule has 0 saturated carbocycles. The van der Waals surface area contributed by atoms with Crippen LogP contribution in [-0.2, 0) is 6.54 Å². The molecule has 94 valence electrons. The Balaban J connectivity index is 2.05. The molecule has 18 heavy (non-hydrogen) atoms. The van der Waals surface area contributed by atoms with Crippen LogP contribution in [0.1, 0.15) is 22.1 Å². The third-order valence-corrected chi connectivity index (χ3v) is 2.33. The van der Waals surface area contributed by atoms with E-state index in [2.05, 4.69) is 20.4 Å². The smallest absolute Gasteiger partial charge is 0.253 e. The first kappa shape index (κ1) is 12.3. The van der Waals surface area contributed by atoms with E-state index in [0.717, 1.165) is 0 Å². The number of anilines is 1. The third kappa shape index (κ3) is 2.75. The van der Waals surface area contributed by atoms with E-state index >= 15 is 0 Å². The summed E-state index contributed by atoms with van der Waals surface area (Å²) in [5, 5.41) is 6.46. The highest BCUT2D eigenvalue weighted by atomic mass is 35.5. The molecular weight excluding hydrogens is 258 g/mol. The number of halogens is 1. The minimum atomic E-state index is -0.376. The van der Waals surface area contributed by atoms with E-state index in [1.54, 1.807) is 6.92 Å². The fourth-order valence-electron chi connectivity index (χ4n) is 1.30. The van der Waals surface area contributed by atoms with Gasteiger partial charge in [-0.25, -0.2) is 4.98 Å². The zero-order chi connectivity index (χ0) is 13.1. The number of rotatable bonds is 3. The van der Waals surface area contributed by atoms with Gasteiger partial charge in [-0.1, -0.05) is 16.8 Å². The Kier molecular flexibility index (Phi) is 3.42. The van der Waals surface area contributed by atoms with Gasteiger partial charge < -0.3 is 15.6 Å². The molecule has 2 rings (SSSR count). The summed E-state index contributed by atoms with van der Waals surface area (Å²) in [6, 6.07) is 1.40. The van der Waals surface area contributed by atoms with Crippen LogP contribution >= 0.6 is 11.6 Å². The molecule has 7 nitrogen and oxygen atoms in total. The first-order chi connectivity index (χ1) is 8.56. The molecule has 0 spiro atoms. The van der Waals surface area contributed by atoms with Gasteiger partial charge in [-0.05, 0) is 6.07 Å². The molecule has 0 aliphatic carbocycles. The summed E-state index contributed by atoms with van der Waals surface area (Å²) in [5.41, 5.74) is 6.14. The van der Waals surface area contributed by atoms with Crippen LogP contribution in [0.25, 0.3) is 0 Å². The van der Waals surface area contributed by atoms with E-state index in [4.69, 9.17) is 21.9 Å². The maximum absolute atomic E-state index is 11.8. The van der Waals surface area contributed by atoms with Crippen molar-refractivity contribution in [1.29, 1.82) is 0 Å². The summed E-state index contributed by atoms with van der Waals surface area (Å²) in [4.78, 5) is 19.6. The van der Waals surface area contributed by atoms with Crippen molar-refractivity contribution in [3.63, 3.8) is 0 Å². The van der Waals surface area contributed by atoms with E-state index in [9.17, 15) is 4.79 Å². The Labute approximate surface area is 107 Å². The number of aryl methyl sites for hydroxylation is 1. The molecule has 2 heterocycles. The minimum absolute atomic E-state index is 0.148. The Hall–Kier alpha value is -2.15. The molecule has 0 unspecified atom stereocenters. The number of hydrogen-bond donors (Lipinski definition) is 2. The fraction of sp³-hybridized carbons (Fsp3) is 0.200. The van der Waals surface area contributed by atoms with Gasteiger partial charge in [0.05, 0.1) is 24.0 Å². The molecule has 0 radical (unpaired) electrons. The lowest BCUT2D eigenvalue weighted by molar-refractivity contribution is 0.0950. The standard InChI is InChI=1S/C10H10ClN5O2/c1-5-15-9(16-18-5)4-14-10(17)6-2-8(11)13-3-7(6)12/h2-3H,4,12H2,1H3,(H,14,17). The Morgan fingerprint density at radius 2 is 2.39 bits per heavy atom. The van der Waals surface area contributed by atoms with Gasteiger partial charge in [-0.15, -0.1) is 0 Å². The maximum atomic E-state index is 11.8. The number of pyridine rings is 1. The van der Waals surface area contributed by atoms with Crippen molar-refractivity contribution in [2.75, 3.05) is 5.73 Å². The number of nitrogens with two attached hydrogens (primary N) is 1. The highest BCUT2D eigenvalue weighted by Crippen LogP contribution is 2.14. The van der Waals surface area contributed by atoms with E-state index in [-0.39, 0.29) is 28.9 Å². The predicted octanol–water partition coefficient (Wildman–Crippen LogP) is 0.939. The van der Waals surface area contributed by atoms with Crippen molar-refractivity contribution in [3.05, 3.63) is 34.7 Å². The van der Waals surface area contributed by atoms with Gasteiger partial charge in [0, 0.05) is 6.92 Å². The van der Waals surface area contributed by atoms with Gasteiger partial charge >= 0.3 is 0 Å². The summed E-state index contributed by atoms with van der Waals surface area (Å²) in [7, 11) is 0. The summed E-state index contributed by atoms with van der Waals surface area (Å²) in [6.07, 6.45) is 1.33. The van der Waals surface area contributed by atoms with Crippen LogP contribution < -0.4 is 11.1 Å². The first-order valence-electron chi connectivity index (χ1n) is 5.04. The van der Waals surface area contributed by atoms with Crippen molar-refractivity contribution < 1.29 is 9.32 Å². The third-order valence-electron chi connectivity index (χ3n) is 2.12. The summed E-state index contributed by atoms with van der Waals surface area (Å²) >= 11 is 5.70. The van der Waals surface area contributed by atoms with Crippen molar-refractivity contribution >= 4 is 23.2 Å². The van der Waals surface area contributed by atoms with E-state index in [1.165, 1.54) is 12.3 Å². The van der Waals surface area contributed by atoms with Gasteiger partial charge in [-0.3, -0.25) is 4.79 Å². The molecular formula is C10H10ClN5O2. The average Bonchev–Trinajstić information content (AvgIpc) is 2.75. The van der Waals surface area contributed by atoms with Crippen molar-refractivity contribution in [2.45, 2.75) is 13.5 Å². The van der Waals surface area contributed by atoms with Crippen LogP contribution in [0.2, 0.25) is 5.15 Å². The first-order valence-corrected chi connectivity index (χ1v) is 5.42. The van der Waals surface area contributed by atoms with Crippen molar-refractivity contribution in [1.82, 2.24) is 20.4 Å². The lowest BCUT2D eigenvalue weighted by Gasteiger charge is -2.05. The van der Waals surface area contributed by atoms with Gasteiger partial charge in [0.1, 0.15) is 5.15 Å². The monoisotopic (exact) mass is 267 g/mol. The lowest BCUT2D eigenvalue weighted by atomic mass is 10.2. The molecule has 2 aromatic heterocycles. The minimum Gasteiger partial charge on any atom is -0.397 e. The van der Waals surface area contributed by atoms with Crippen LogP contribution in [0.15, 0.2) is 16.8 Å². The number of hydrogen-bond acceptors (Lipinski definition) is 6. The van der Waals surface area contributed by atoms with Gasteiger partial charge in [0.25, 0.3) is 5.91 Å². The van der Waals surface area contributed by atoms with E-state index < -0.39 is 0 Å². The molecule has 0 aliphatic heterocycles. The Bertz CT molecular complexity index is 583. The van der Waals surface area contributed by atoms with Crippen LogP contribution in [0.3, 0.4) is 0 Å². The quantitative estimate of drug-likeness (QED) is 0.802. The zero-order valence-electron chi connectivity index (χ0n) is 9.48. The molecule has 2 aromatic rings. The highest BCUT2D eigenvalue weighted by molar-refractivity contribution is 6.29. The zero-order valence-corrected chi connectivity index (χ0v) is 10.2. The number of nitrogens with one attached hydrogen (secondary N) is 1. The Morgan fingerprint density at radius 1 is 1.61 bits per heavy atom. The topological polar surface area (TPSA) is 107 Å². The molecule has 0 saturated heterocycles. The second kappa shape index (κ2) is 5.01. The SMILES string of the molecule is Cc1nc(CNC(=O)c2cc(Cl)ncc2N)no1. The number of carbonyl (C=O) groups is 1. The average molecular weight is 268 g/mol. The van der Waals surface area contributed by atoms with Gasteiger partial charge in [-0.2, -0.15) is 4.98 Å². The molecule has 0 bridgehead atoms. The van der Waals surface area contributed by atoms with E-state index in [1.807, 2.05) is 0 Å². The molecule has 0 fully saturated rings. The molecule has 3 N–H and O–H groups in total. The Morgan fingerprint density at radius 3 is 3.06 bits per heavy atom. The number of carbonyl (C=O) groups excluding carboxylic acids is 1. The van der Waals surface area contributed by atoms with E-state index in [0.29, 0.717) is 11.7 Å². The van der Waals surface area contributed by atoms with Crippen LogP contribution in [0.4, 0.5) is 5.69 Å². The number of nitrogen functional groups attached to an aromatic ring is 1. The van der Waals surface area contributed by atoms with Crippen molar-refractivity contribution in [2.24, 2.45) is 0 Å². The molecule has 0 atom stereocenters. The largest absolute Gasteiger partial charge is 0.397 e. The highest BCUT2D eigenvalue weighted by Gasteiger charge is 2.12. The van der Waals surface area contributed by atoms with Crippen LogP contribution in [0, 0.1) is 6.92 Å². The number of amides is 1. The van der Waals surface area contributed by atoms with Gasteiger partial charge in [0.2, 0.25) is 5.89 Å². The predicted molar refractivity (Wildman–Crippen MR) is 63.9 cm³/mol. The molecule has 8 heteroatoms. The maximum Gasteiger partial charge on any atom is 0.253 e. The fourth-order valence-corrected chi connectivity index (χ4v) is 1.46. The second-order valence-electron chi connectivity index (χ2n) is 3.51. The number of nitrogens with zero attached hydrogens (tertiary/aromatic N) is 3. The van der Waals surface area contributed by atoms with Crippen LogP contribution in [0.5, 0.6) is 0 Å². The second-order valence-corrected chi connectivity index (χ2v) is 3.89. The summed E-state index contributed by atoms with van der Waals surface area (Å²) in [5.74, 6) is 0.449. The molecule has 1 amide bonds. The number of aromatic nitrogens is 3. The lowest BCUT2D eigenvalue weighted by Crippen LogP contribution is -2.24. The van der Waals surface area contributed by atoms with Crippen molar-refractivity contribution in [3.8, 4) is 0 Å².